The number of aromatic nitrogens is 2. The molecule has 1 aliphatic carbocycles. The number of hydrogen-bond donors (Lipinski definition) is 0. The predicted molar refractivity (Wildman–Crippen MR) is 231 cm³/mol. The first-order valence-electron chi connectivity index (χ1n) is 19.1. The Kier molecular flexibility index (Phi) is 6.93. The number of benzene rings is 9. The summed E-state index contributed by atoms with van der Waals surface area (Å²) in [4.78, 5) is 10.6. The summed E-state index contributed by atoms with van der Waals surface area (Å²) in [5, 5.41) is 9.82. The molecule has 258 valence electrons. The van der Waals surface area contributed by atoms with Gasteiger partial charge in [0.15, 0.2) is 5.82 Å². The van der Waals surface area contributed by atoms with Crippen molar-refractivity contribution in [3.05, 3.63) is 193 Å². The minimum atomic E-state index is -0.167. The Morgan fingerprint density at radius 1 is 0.364 bits per heavy atom. The Morgan fingerprint density at radius 3 is 1.69 bits per heavy atom. The Balaban J connectivity index is 1.14. The molecule has 1 aromatic heterocycles. The van der Waals surface area contributed by atoms with Crippen molar-refractivity contribution < 1.29 is 0 Å². The fourth-order valence-corrected chi connectivity index (χ4v) is 9.34. The lowest BCUT2D eigenvalue weighted by molar-refractivity contribution is 0.662. The summed E-state index contributed by atoms with van der Waals surface area (Å²) >= 11 is 0. The van der Waals surface area contributed by atoms with E-state index in [-0.39, 0.29) is 5.41 Å². The van der Waals surface area contributed by atoms with Gasteiger partial charge in [0.1, 0.15) is 0 Å². The SMILES string of the molecule is CC1(C)c2ccc3ccccc3c2-c2cccc(-c3ccc(-c4cc(-c5cc6ccccc6c6ccccc56)nc(-c5ccccc5)n4)c4ccccc34)c21. The van der Waals surface area contributed by atoms with Crippen LogP contribution in [-0.4, -0.2) is 9.97 Å². The van der Waals surface area contributed by atoms with Crippen LogP contribution in [0.15, 0.2) is 182 Å². The third-order valence-corrected chi connectivity index (χ3v) is 11.9. The number of nitrogens with zero attached hydrogens (tertiary/aromatic N) is 2. The van der Waals surface area contributed by atoms with E-state index in [0.717, 1.165) is 28.1 Å². The Morgan fingerprint density at radius 2 is 0.927 bits per heavy atom. The third kappa shape index (κ3) is 4.81. The van der Waals surface area contributed by atoms with E-state index in [4.69, 9.17) is 9.97 Å². The molecular weight excluding hydrogens is 665 g/mol. The molecule has 0 atom stereocenters. The molecule has 0 N–H and O–H groups in total. The molecule has 0 bridgehead atoms. The van der Waals surface area contributed by atoms with Crippen molar-refractivity contribution in [2.45, 2.75) is 19.3 Å². The molecule has 1 heterocycles. The zero-order valence-electron chi connectivity index (χ0n) is 30.7. The molecule has 0 saturated carbocycles. The van der Waals surface area contributed by atoms with Crippen molar-refractivity contribution in [2.75, 3.05) is 0 Å². The summed E-state index contributed by atoms with van der Waals surface area (Å²) in [6, 6.07) is 65.9. The summed E-state index contributed by atoms with van der Waals surface area (Å²) in [5.41, 5.74) is 12.8. The molecule has 0 fully saturated rings. The van der Waals surface area contributed by atoms with E-state index in [0.29, 0.717) is 5.82 Å². The Labute approximate surface area is 320 Å². The first kappa shape index (κ1) is 31.6. The number of hydrogen-bond acceptors (Lipinski definition) is 2. The fourth-order valence-electron chi connectivity index (χ4n) is 9.34. The van der Waals surface area contributed by atoms with Gasteiger partial charge in [0, 0.05) is 22.1 Å². The van der Waals surface area contributed by atoms with Gasteiger partial charge in [0.2, 0.25) is 0 Å². The highest BCUT2D eigenvalue weighted by molar-refractivity contribution is 6.14. The van der Waals surface area contributed by atoms with Crippen LogP contribution in [0.4, 0.5) is 0 Å². The number of rotatable bonds is 4. The largest absolute Gasteiger partial charge is 0.228 e. The van der Waals surface area contributed by atoms with Crippen LogP contribution in [0.2, 0.25) is 0 Å². The Bertz CT molecular complexity index is 3170. The van der Waals surface area contributed by atoms with Gasteiger partial charge < -0.3 is 0 Å². The molecule has 1 aliphatic rings. The first-order chi connectivity index (χ1) is 27.0. The van der Waals surface area contributed by atoms with Gasteiger partial charge in [-0.2, -0.15) is 0 Å². The lowest BCUT2D eigenvalue weighted by Gasteiger charge is -2.25. The highest BCUT2D eigenvalue weighted by atomic mass is 14.9. The lowest BCUT2D eigenvalue weighted by Crippen LogP contribution is -2.16. The van der Waals surface area contributed by atoms with Crippen molar-refractivity contribution in [3.8, 4) is 56.2 Å². The zero-order valence-corrected chi connectivity index (χ0v) is 30.7. The van der Waals surface area contributed by atoms with E-state index in [2.05, 4.69) is 190 Å². The molecule has 0 spiro atoms. The quantitative estimate of drug-likeness (QED) is 0.171. The van der Waals surface area contributed by atoms with Crippen molar-refractivity contribution in [3.63, 3.8) is 0 Å². The fraction of sp³-hybridized carbons (Fsp3) is 0.0566. The molecular formula is C53H36N2. The molecule has 0 saturated heterocycles. The van der Waals surface area contributed by atoms with E-state index < -0.39 is 0 Å². The highest BCUT2D eigenvalue weighted by Crippen LogP contribution is 2.55. The second-order valence-corrected chi connectivity index (χ2v) is 15.3. The van der Waals surface area contributed by atoms with E-state index in [1.54, 1.807) is 0 Å². The van der Waals surface area contributed by atoms with Crippen LogP contribution >= 0.6 is 0 Å². The normalized spacial score (nSPS) is 13.1. The molecule has 2 heteroatoms. The molecule has 9 aromatic carbocycles. The summed E-state index contributed by atoms with van der Waals surface area (Å²) in [7, 11) is 0. The zero-order chi connectivity index (χ0) is 36.7. The van der Waals surface area contributed by atoms with Gasteiger partial charge >= 0.3 is 0 Å². The average Bonchev–Trinajstić information content (AvgIpc) is 3.49. The standard InChI is InChI=1S/C53H36N2/c1-53(2)47-30-27-33-15-6-9-20-37(33)50(47)45-26-14-25-44(51(45)53)42-28-29-43(40-23-12-11-22-39(40)42)48-32-49(55-52(54-48)34-16-4-3-5-17-34)46-31-35-18-7-8-19-36(35)38-21-10-13-24-41(38)46/h3-32H,1-2H3. The minimum absolute atomic E-state index is 0.167. The second-order valence-electron chi connectivity index (χ2n) is 15.3. The van der Waals surface area contributed by atoms with E-state index in [9.17, 15) is 0 Å². The van der Waals surface area contributed by atoms with E-state index in [1.165, 1.54) is 76.5 Å². The van der Waals surface area contributed by atoms with Gasteiger partial charge in [-0.25, -0.2) is 9.97 Å². The maximum atomic E-state index is 5.32. The van der Waals surface area contributed by atoms with Crippen LogP contribution in [0.3, 0.4) is 0 Å². The molecule has 0 amide bonds. The smallest absolute Gasteiger partial charge is 0.160 e. The maximum Gasteiger partial charge on any atom is 0.160 e. The highest BCUT2D eigenvalue weighted by Gasteiger charge is 2.38. The molecule has 2 nitrogen and oxygen atoms in total. The van der Waals surface area contributed by atoms with Crippen molar-refractivity contribution in [1.29, 1.82) is 0 Å². The van der Waals surface area contributed by atoms with Gasteiger partial charge in [0.05, 0.1) is 11.4 Å². The van der Waals surface area contributed by atoms with Crippen molar-refractivity contribution in [2.24, 2.45) is 0 Å². The minimum Gasteiger partial charge on any atom is -0.228 e. The van der Waals surface area contributed by atoms with E-state index >= 15 is 0 Å². The van der Waals surface area contributed by atoms with Gasteiger partial charge in [-0.05, 0) is 88.6 Å². The van der Waals surface area contributed by atoms with Crippen molar-refractivity contribution in [1.82, 2.24) is 9.97 Å². The predicted octanol–water partition coefficient (Wildman–Crippen LogP) is 14.1. The summed E-state index contributed by atoms with van der Waals surface area (Å²) in [6.07, 6.45) is 0. The molecule has 0 aliphatic heterocycles. The summed E-state index contributed by atoms with van der Waals surface area (Å²) < 4.78 is 0. The van der Waals surface area contributed by atoms with Crippen LogP contribution in [0, 0.1) is 0 Å². The van der Waals surface area contributed by atoms with Crippen LogP contribution < -0.4 is 0 Å². The molecule has 0 radical (unpaired) electrons. The van der Waals surface area contributed by atoms with Crippen LogP contribution in [-0.2, 0) is 5.41 Å². The van der Waals surface area contributed by atoms with E-state index in [1.807, 2.05) is 6.07 Å². The lowest BCUT2D eigenvalue weighted by atomic mass is 9.78. The van der Waals surface area contributed by atoms with Crippen LogP contribution in [0.25, 0.3) is 99.2 Å². The van der Waals surface area contributed by atoms with Crippen molar-refractivity contribution >= 4 is 43.1 Å². The third-order valence-electron chi connectivity index (χ3n) is 11.9. The topological polar surface area (TPSA) is 25.8 Å². The molecule has 11 rings (SSSR count). The molecule has 55 heavy (non-hydrogen) atoms. The molecule has 10 aromatic rings. The van der Waals surface area contributed by atoms with Gasteiger partial charge in [-0.3, -0.25) is 0 Å². The van der Waals surface area contributed by atoms with Crippen LogP contribution in [0.5, 0.6) is 0 Å². The van der Waals surface area contributed by atoms with Crippen LogP contribution in [0.1, 0.15) is 25.0 Å². The maximum absolute atomic E-state index is 5.32. The second kappa shape index (κ2) is 12.1. The van der Waals surface area contributed by atoms with Gasteiger partial charge in [0.25, 0.3) is 0 Å². The number of fused-ring (bicyclic) bond motifs is 9. The van der Waals surface area contributed by atoms with Gasteiger partial charge in [-0.1, -0.05) is 184 Å². The summed E-state index contributed by atoms with van der Waals surface area (Å²) in [5.74, 6) is 0.714. The average molecular weight is 701 g/mol. The van der Waals surface area contributed by atoms with Gasteiger partial charge in [-0.15, -0.1) is 0 Å². The Hall–Kier alpha value is -6.90. The summed E-state index contributed by atoms with van der Waals surface area (Å²) in [6.45, 7) is 4.77. The molecule has 0 unspecified atom stereocenters. The monoisotopic (exact) mass is 700 g/mol. The first-order valence-corrected chi connectivity index (χ1v) is 19.1.